The molecule has 0 saturated heterocycles. The number of hydrogen-bond acceptors (Lipinski definition) is 8. The van der Waals surface area contributed by atoms with Crippen LogP contribution in [0.2, 0.25) is 0 Å². The number of aromatic nitrogens is 3. The highest BCUT2D eigenvalue weighted by atomic mass is 32.2. The second-order valence-electron chi connectivity index (χ2n) is 10.1. The smallest absolute Gasteiger partial charge is 0.406 e. The van der Waals surface area contributed by atoms with Gasteiger partial charge in [0.1, 0.15) is 15.6 Å². The molecule has 0 saturated carbocycles. The molecule has 0 aliphatic carbocycles. The van der Waals surface area contributed by atoms with Crippen LogP contribution in [0.15, 0.2) is 72.8 Å². The molecular weight excluding hydrogens is 615 g/mol. The molecule has 44 heavy (non-hydrogen) atoms. The Morgan fingerprint density at radius 3 is 2.34 bits per heavy atom. The van der Waals surface area contributed by atoms with Crippen LogP contribution in [0.3, 0.4) is 0 Å². The van der Waals surface area contributed by atoms with Gasteiger partial charge >= 0.3 is 6.36 Å². The summed E-state index contributed by atoms with van der Waals surface area (Å²) in [5.41, 5.74) is 10.2. The number of hydrazine groups is 1. The molecule has 4 aromatic rings. The van der Waals surface area contributed by atoms with E-state index in [1.807, 2.05) is 42.5 Å². The van der Waals surface area contributed by atoms with Crippen LogP contribution >= 0.6 is 12.2 Å². The van der Waals surface area contributed by atoms with Crippen molar-refractivity contribution in [1.82, 2.24) is 25.6 Å². The second kappa shape index (κ2) is 14.1. The fraction of sp³-hybridized carbons (Fsp3) is 0.276. The van der Waals surface area contributed by atoms with Crippen LogP contribution in [0.25, 0.3) is 17.1 Å². The summed E-state index contributed by atoms with van der Waals surface area (Å²) in [6.45, 7) is 4.75. The zero-order valence-corrected chi connectivity index (χ0v) is 25.8. The second-order valence-corrected chi connectivity index (χ2v) is 12.8. The highest BCUT2D eigenvalue weighted by Gasteiger charge is 2.31. The van der Waals surface area contributed by atoms with Crippen molar-refractivity contribution in [3.05, 3.63) is 83.9 Å². The van der Waals surface area contributed by atoms with Gasteiger partial charge in [-0.15, -0.1) is 18.3 Å². The van der Waals surface area contributed by atoms with E-state index in [2.05, 4.69) is 56.2 Å². The van der Waals surface area contributed by atoms with Crippen molar-refractivity contribution in [2.45, 2.75) is 32.7 Å². The number of alkyl halides is 3. The standard InChI is InChI=1S/C29H32F3N7O3S2/c1-19(2)24-6-4-5-7-25(24)35-28(43)37-34-18-20-8-10-21(11-9-20)26-36-27(33-16-17-44(3,40)41)39(38-26)22-12-14-23(15-13-22)42-29(30,31)32/h4-15,19,34H,16-18H2,1-3H3,(H,33,36,38)(H2,35,37,43). The topological polar surface area (TPSA) is 122 Å². The predicted molar refractivity (Wildman–Crippen MR) is 168 cm³/mol. The third-order valence-corrected chi connectivity index (χ3v) is 7.37. The SMILES string of the molecule is CC(C)c1ccccc1NC(=S)NNCc1ccc(-c2nc(NCCS(C)(=O)=O)n(-c3ccc(OC(F)(F)F)cc3)n2)cc1. The van der Waals surface area contributed by atoms with Gasteiger partial charge < -0.3 is 15.4 Å². The number of para-hydroxylation sites is 1. The lowest BCUT2D eigenvalue weighted by Crippen LogP contribution is -2.39. The number of nitrogens with one attached hydrogen (secondary N) is 4. The average molecular weight is 648 g/mol. The molecule has 234 valence electrons. The predicted octanol–water partition coefficient (Wildman–Crippen LogP) is 5.40. The Hall–Kier alpha value is -4.21. The average Bonchev–Trinajstić information content (AvgIpc) is 3.36. The van der Waals surface area contributed by atoms with Crippen LogP contribution in [0.1, 0.15) is 30.9 Å². The van der Waals surface area contributed by atoms with Gasteiger partial charge in [0, 0.05) is 30.6 Å². The molecule has 4 rings (SSSR count). The van der Waals surface area contributed by atoms with E-state index in [1.54, 1.807) is 0 Å². The number of sulfone groups is 1. The van der Waals surface area contributed by atoms with Crippen molar-refractivity contribution in [2.24, 2.45) is 0 Å². The first-order chi connectivity index (χ1) is 20.8. The molecular formula is C29H32F3N7O3S2. The van der Waals surface area contributed by atoms with Crippen LogP contribution < -0.4 is 26.2 Å². The number of ether oxygens (including phenoxy) is 1. The minimum Gasteiger partial charge on any atom is -0.406 e. The fourth-order valence-electron chi connectivity index (χ4n) is 4.13. The minimum atomic E-state index is -4.82. The molecule has 0 unspecified atom stereocenters. The maximum Gasteiger partial charge on any atom is 0.573 e. The zero-order chi connectivity index (χ0) is 31.9. The maximum absolute atomic E-state index is 12.6. The molecule has 0 amide bonds. The van der Waals surface area contributed by atoms with E-state index in [1.165, 1.54) is 16.8 Å². The lowest BCUT2D eigenvalue weighted by molar-refractivity contribution is -0.274. The van der Waals surface area contributed by atoms with Crippen LogP contribution in [-0.4, -0.2) is 53.2 Å². The highest BCUT2D eigenvalue weighted by Crippen LogP contribution is 2.26. The van der Waals surface area contributed by atoms with E-state index >= 15 is 0 Å². The van der Waals surface area contributed by atoms with E-state index < -0.39 is 16.2 Å². The highest BCUT2D eigenvalue weighted by molar-refractivity contribution is 7.90. The van der Waals surface area contributed by atoms with Gasteiger partial charge in [-0.1, -0.05) is 56.3 Å². The van der Waals surface area contributed by atoms with Crippen LogP contribution in [0.5, 0.6) is 5.75 Å². The van der Waals surface area contributed by atoms with Crippen molar-refractivity contribution >= 4 is 38.8 Å². The number of thiocarbonyl (C=S) groups is 1. The number of benzene rings is 3. The fourth-order valence-corrected chi connectivity index (χ4v) is 4.79. The lowest BCUT2D eigenvalue weighted by atomic mass is 10.0. The van der Waals surface area contributed by atoms with E-state index in [4.69, 9.17) is 12.2 Å². The zero-order valence-electron chi connectivity index (χ0n) is 24.1. The summed E-state index contributed by atoms with van der Waals surface area (Å²) in [5, 5.41) is 11.1. The van der Waals surface area contributed by atoms with Gasteiger partial charge in [-0.2, -0.15) is 9.67 Å². The van der Waals surface area contributed by atoms with Gasteiger partial charge in [-0.25, -0.2) is 13.8 Å². The van der Waals surface area contributed by atoms with Gasteiger partial charge in [-0.3, -0.25) is 5.43 Å². The maximum atomic E-state index is 12.6. The van der Waals surface area contributed by atoms with E-state index in [9.17, 15) is 21.6 Å². The Morgan fingerprint density at radius 2 is 1.70 bits per heavy atom. The van der Waals surface area contributed by atoms with E-state index in [0.29, 0.717) is 34.7 Å². The molecule has 0 bridgehead atoms. The molecule has 0 fully saturated rings. The summed E-state index contributed by atoms with van der Waals surface area (Å²) in [7, 11) is -3.25. The Balaban J connectivity index is 1.43. The molecule has 0 atom stereocenters. The summed E-state index contributed by atoms with van der Waals surface area (Å²) in [5.74, 6) is 0.361. The summed E-state index contributed by atoms with van der Waals surface area (Å²) in [4.78, 5) is 4.51. The monoisotopic (exact) mass is 647 g/mol. The van der Waals surface area contributed by atoms with Crippen molar-refractivity contribution in [3.8, 4) is 22.8 Å². The Labute approximate surface area is 258 Å². The number of halogens is 3. The van der Waals surface area contributed by atoms with Crippen molar-refractivity contribution in [1.29, 1.82) is 0 Å². The molecule has 0 aliphatic heterocycles. The lowest BCUT2D eigenvalue weighted by Gasteiger charge is -2.16. The minimum absolute atomic E-state index is 0.0591. The van der Waals surface area contributed by atoms with Gasteiger partial charge in [0.25, 0.3) is 0 Å². The first kappa shape index (κ1) is 32.7. The van der Waals surface area contributed by atoms with Gasteiger partial charge in [0.15, 0.2) is 10.9 Å². The number of anilines is 2. The number of hydrogen-bond donors (Lipinski definition) is 4. The van der Waals surface area contributed by atoms with Crippen molar-refractivity contribution in [2.75, 3.05) is 29.2 Å². The first-order valence-corrected chi connectivity index (χ1v) is 16.0. The third kappa shape index (κ3) is 9.65. The number of nitrogens with zero attached hydrogens (tertiary/aromatic N) is 3. The van der Waals surface area contributed by atoms with Crippen molar-refractivity contribution < 1.29 is 26.3 Å². The molecule has 1 aromatic heterocycles. The summed E-state index contributed by atoms with van der Waals surface area (Å²) >= 11 is 5.42. The first-order valence-electron chi connectivity index (χ1n) is 13.5. The van der Waals surface area contributed by atoms with Crippen LogP contribution in [0.4, 0.5) is 24.8 Å². The molecule has 0 radical (unpaired) electrons. The summed E-state index contributed by atoms with van der Waals surface area (Å²) in [6.07, 6.45) is -3.70. The Kier molecular flexibility index (Phi) is 10.4. The molecule has 15 heteroatoms. The van der Waals surface area contributed by atoms with Gasteiger partial charge in [0.05, 0.1) is 11.4 Å². The quantitative estimate of drug-likeness (QED) is 0.117. The summed E-state index contributed by atoms with van der Waals surface area (Å²) in [6, 6.07) is 20.5. The molecule has 1 heterocycles. The molecule has 4 N–H and O–H groups in total. The van der Waals surface area contributed by atoms with E-state index in [0.717, 1.165) is 35.2 Å². The normalized spacial score (nSPS) is 11.8. The van der Waals surface area contributed by atoms with Crippen LogP contribution in [-0.2, 0) is 16.4 Å². The van der Waals surface area contributed by atoms with Crippen LogP contribution in [0, 0.1) is 0 Å². The molecule has 10 nitrogen and oxygen atoms in total. The Morgan fingerprint density at radius 1 is 1.02 bits per heavy atom. The largest absolute Gasteiger partial charge is 0.573 e. The molecule has 0 spiro atoms. The summed E-state index contributed by atoms with van der Waals surface area (Å²) < 4.78 is 66.3. The third-order valence-electron chi connectivity index (χ3n) is 6.22. The Bertz CT molecular complexity index is 1680. The van der Waals surface area contributed by atoms with Crippen molar-refractivity contribution in [3.63, 3.8) is 0 Å². The molecule has 0 aliphatic rings. The van der Waals surface area contributed by atoms with Gasteiger partial charge in [-0.05, 0) is 59.6 Å². The van der Waals surface area contributed by atoms with Gasteiger partial charge in [0.2, 0.25) is 5.95 Å². The van der Waals surface area contributed by atoms with E-state index in [-0.39, 0.29) is 24.0 Å². The molecule has 3 aromatic carbocycles. The number of rotatable bonds is 12.